The second-order valence-electron chi connectivity index (χ2n) is 13.3. The van der Waals surface area contributed by atoms with Crippen molar-refractivity contribution in [1.29, 1.82) is 0 Å². The molecule has 0 aromatic heterocycles. The maximum absolute atomic E-state index is 12.5. The molecule has 0 aromatic carbocycles. The lowest BCUT2D eigenvalue weighted by Crippen LogP contribution is -2.29. The number of allylic oxidation sites excluding steroid dienone is 17. The summed E-state index contributed by atoms with van der Waals surface area (Å²) in [7, 11) is -4.80. The topological polar surface area (TPSA) is 132 Å². The van der Waals surface area contributed by atoms with Crippen LogP contribution in [0.15, 0.2) is 109 Å². The third-order valence-corrected chi connectivity index (χ3v) is 8.70. The molecule has 2 N–H and O–H groups in total. The number of hydrogen-bond acceptors (Lipinski definition) is 7. The van der Waals surface area contributed by atoms with E-state index in [4.69, 9.17) is 24.0 Å². The molecule has 0 amide bonds. The third kappa shape index (κ3) is 34.9. The molecule has 1 aliphatic heterocycles. The van der Waals surface area contributed by atoms with E-state index >= 15 is 0 Å². The van der Waals surface area contributed by atoms with Crippen LogP contribution < -0.4 is 0 Å². The lowest BCUT2D eigenvalue weighted by atomic mass is 10.1. The van der Waals surface area contributed by atoms with E-state index in [-0.39, 0.29) is 31.7 Å². The molecule has 0 radical (unpaired) electrons. The van der Waals surface area contributed by atoms with Crippen molar-refractivity contribution in [2.45, 2.75) is 148 Å². The van der Waals surface area contributed by atoms with E-state index in [0.717, 1.165) is 64.2 Å². The molecule has 1 heterocycles. The summed E-state index contributed by atoms with van der Waals surface area (Å²) in [5.41, 5.74) is 0. The highest BCUT2D eigenvalue weighted by molar-refractivity contribution is 7.46. The number of phosphoric ester groups is 1. The van der Waals surface area contributed by atoms with E-state index in [2.05, 4.69) is 116 Å². The Morgan fingerprint density at radius 3 is 1.64 bits per heavy atom. The molecule has 0 aromatic rings. The maximum Gasteiger partial charge on any atom is 0.469 e. The van der Waals surface area contributed by atoms with Crippen molar-refractivity contribution in [1.82, 2.24) is 0 Å². The molecule has 1 aliphatic rings. The van der Waals surface area contributed by atoms with E-state index in [0.29, 0.717) is 19.3 Å². The van der Waals surface area contributed by atoms with Crippen LogP contribution in [0, 0.1) is 0 Å². The average Bonchev–Trinajstić information content (AvgIpc) is 3.91. The van der Waals surface area contributed by atoms with Gasteiger partial charge in [-0.1, -0.05) is 136 Å². The van der Waals surface area contributed by atoms with Crippen LogP contribution >= 0.6 is 7.82 Å². The summed E-state index contributed by atoms with van der Waals surface area (Å²) in [5.74, 6) is -1.07. The van der Waals surface area contributed by atoms with E-state index in [9.17, 15) is 14.2 Å². The fourth-order valence-corrected chi connectivity index (χ4v) is 5.49. The van der Waals surface area contributed by atoms with Gasteiger partial charge >= 0.3 is 19.8 Å². The predicted molar refractivity (Wildman–Crippen MR) is 224 cm³/mol. The fraction of sp³-hybridized carbons (Fsp3) is 0.556. The Kier molecular flexibility index (Phi) is 31.7. The van der Waals surface area contributed by atoms with Gasteiger partial charge in [0.15, 0.2) is 6.10 Å². The standard InChI is InChI=1S/C45H69O9P/c1-3-5-7-9-11-13-15-17-18-19-20-21-22-23-25-27-29-31-33-37-44(46)51-39-41(40-52-55(48,49)50)53-45(47)38-34-36-43-42(54-43)35-32-30-28-26-24-16-14-12-10-8-6-4-2/h5,7,11-14,17-18,20-21,23-26,29-32,41-43H,3-4,6,8-10,15-16,19,22,27-28,33-40H2,1-2H3,(H2,48,49,50)/b7-5-,13-11-,14-12-,18-17-,21-20-,25-23-,26-24-,31-29-,32-30-/t41-,42?,43?/m1/s1. The van der Waals surface area contributed by atoms with Crippen molar-refractivity contribution in [2.24, 2.45) is 0 Å². The number of carbonyl (C=O) groups excluding carboxylic acids is 2. The highest BCUT2D eigenvalue weighted by Crippen LogP contribution is 2.36. The molecule has 55 heavy (non-hydrogen) atoms. The Balaban J connectivity index is 2.20. The number of ether oxygens (including phenoxy) is 3. The first-order valence-electron chi connectivity index (χ1n) is 20.3. The normalized spacial score (nSPS) is 17.3. The van der Waals surface area contributed by atoms with Gasteiger partial charge in [-0.3, -0.25) is 14.1 Å². The highest BCUT2D eigenvalue weighted by atomic mass is 31.2. The van der Waals surface area contributed by atoms with Crippen LogP contribution in [0.4, 0.5) is 0 Å². The smallest absolute Gasteiger partial charge is 0.462 e. The minimum Gasteiger partial charge on any atom is -0.462 e. The maximum atomic E-state index is 12.5. The number of esters is 2. The Morgan fingerprint density at radius 2 is 1.11 bits per heavy atom. The number of phosphoric acid groups is 1. The molecule has 1 rings (SSSR count). The zero-order chi connectivity index (χ0) is 40.1. The van der Waals surface area contributed by atoms with Crippen LogP contribution in [0.5, 0.6) is 0 Å². The molecule has 1 fully saturated rings. The van der Waals surface area contributed by atoms with Crippen molar-refractivity contribution in [2.75, 3.05) is 13.2 Å². The lowest BCUT2D eigenvalue weighted by molar-refractivity contribution is -0.161. The van der Waals surface area contributed by atoms with Crippen molar-refractivity contribution >= 4 is 19.8 Å². The molecule has 0 bridgehead atoms. The number of carbonyl (C=O) groups is 2. The summed E-state index contributed by atoms with van der Waals surface area (Å²) in [6.07, 6.45) is 52.7. The third-order valence-electron chi connectivity index (χ3n) is 8.21. The Bertz CT molecular complexity index is 1320. The molecule has 0 spiro atoms. The van der Waals surface area contributed by atoms with E-state index in [1.54, 1.807) is 0 Å². The summed E-state index contributed by atoms with van der Waals surface area (Å²) in [5, 5.41) is 0. The van der Waals surface area contributed by atoms with Gasteiger partial charge in [-0.25, -0.2) is 4.57 Å². The van der Waals surface area contributed by atoms with Gasteiger partial charge in [-0.15, -0.1) is 0 Å². The highest BCUT2D eigenvalue weighted by Gasteiger charge is 2.36. The Morgan fingerprint density at radius 1 is 0.600 bits per heavy atom. The minimum atomic E-state index is -4.80. The quantitative estimate of drug-likeness (QED) is 0.0215. The summed E-state index contributed by atoms with van der Waals surface area (Å²) in [4.78, 5) is 42.9. The van der Waals surface area contributed by atoms with Crippen LogP contribution in [-0.4, -0.2) is 53.3 Å². The molecule has 1 saturated heterocycles. The average molecular weight is 785 g/mol. The van der Waals surface area contributed by atoms with Gasteiger partial charge in [0.2, 0.25) is 0 Å². The summed E-state index contributed by atoms with van der Waals surface area (Å²) in [6.45, 7) is 3.39. The van der Waals surface area contributed by atoms with Crippen LogP contribution in [-0.2, 0) is 32.9 Å². The van der Waals surface area contributed by atoms with Gasteiger partial charge in [0.25, 0.3) is 0 Å². The van der Waals surface area contributed by atoms with Crippen LogP contribution in [0.1, 0.15) is 129 Å². The van der Waals surface area contributed by atoms with Gasteiger partial charge in [0.1, 0.15) is 6.61 Å². The van der Waals surface area contributed by atoms with E-state index < -0.39 is 32.5 Å². The molecular weight excluding hydrogens is 715 g/mol. The number of unbranched alkanes of at least 4 members (excludes halogenated alkanes) is 3. The lowest BCUT2D eigenvalue weighted by Gasteiger charge is -2.18. The Hall–Kier alpha value is -3.33. The molecule has 0 saturated carbocycles. The molecule has 2 unspecified atom stereocenters. The molecular formula is C45H69O9P. The molecule has 9 nitrogen and oxygen atoms in total. The first-order valence-corrected chi connectivity index (χ1v) is 21.8. The first kappa shape index (κ1) is 49.7. The molecule has 10 heteroatoms. The van der Waals surface area contributed by atoms with Gasteiger partial charge in [0.05, 0.1) is 18.8 Å². The van der Waals surface area contributed by atoms with E-state index in [1.807, 2.05) is 12.2 Å². The van der Waals surface area contributed by atoms with Gasteiger partial charge in [-0.2, -0.15) is 0 Å². The largest absolute Gasteiger partial charge is 0.469 e. The monoisotopic (exact) mass is 784 g/mol. The van der Waals surface area contributed by atoms with Gasteiger partial charge < -0.3 is 24.0 Å². The zero-order valence-corrected chi connectivity index (χ0v) is 34.4. The van der Waals surface area contributed by atoms with Crippen molar-refractivity contribution < 1.29 is 42.7 Å². The second kappa shape index (κ2) is 35.1. The van der Waals surface area contributed by atoms with Crippen LogP contribution in [0.2, 0.25) is 0 Å². The summed E-state index contributed by atoms with van der Waals surface area (Å²) in [6, 6.07) is 0. The van der Waals surface area contributed by atoms with Crippen molar-refractivity contribution in [3.05, 3.63) is 109 Å². The first-order chi connectivity index (χ1) is 26.7. The summed E-state index contributed by atoms with van der Waals surface area (Å²) < 4.78 is 32.0. The second-order valence-corrected chi connectivity index (χ2v) is 14.5. The minimum absolute atomic E-state index is 0.0988. The predicted octanol–water partition coefficient (Wildman–Crippen LogP) is 11.4. The molecule has 308 valence electrons. The van der Waals surface area contributed by atoms with Gasteiger partial charge in [-0.05, 0) is 89.9 Å². The van der Waals surface area contributed by atoms with Crippen LogP contribution in [0.25, 0.3) is 0 Å². The van der Waals surface area contributed by atoms with Gasteiger partial charge in [0, 0.05) is 12.8 Å². The SMILES string of the molecule is CC/C=C\C/C=C\C/C=C\C/C=C\C/C=C\C/C=C\CCC(=O)OC[C@H](COP(=O)(O)O)OC(=O)CCCC1OC1C/C=C\C/C=C\C/C=C\CCCCC. The Labute approximate surface area is 331 Å². The zero-order valence-electron chi connectivity index (χ0n) is 33.5. The molecule has 0 aliphatic carbocycles. The summed E-state index contributed by atoms with van der Waals surface area (Å²) >= 11 is 0. The fourth-order valence-electron chi connectivity index (χ4n) is 5.13. The van der Waals surface area contributed by atoms with Crippen molar-refractivity contribution in [3.8, 4) is 0 Å². The van der Waals surface area contributed by atoms with Crippen LogP contribution in [0.3, 0.4) is 0 Å². The number of hydrogen-bond donors (Lipinski definition) is 2. The van der Waals surface area contributed by atoms with E-state index in [1.165, 1.54) is 19.3 Å². The van der Waals surface area contributed by atoms with Crippen molar-refractivity contribution in [3.63, 3.8) is 0 Å². The molecule has 3 atom stereocenters. The number of epoxide rings is 1. The number of rotatable bonds is 34.